The van der Waals surface area contributed by atoms with Crippen LogP contribution in [0.3, 0.4) is 0 Å². The van der Waals surface area contributed by atoms with Gasteiger partial charge in [-0.1, -0.05) is 164 Å². The van der Waals surface area contributed by atoms with E-state index in [-0.39, 0.29) is 0 Å². The van der Waals surface area contributed by atoms with E-state index in [1.165, 1.54) is 0 Å². The number of methoxy groups -OCH3 is 1. The Balaban J connectivity index is 1.12. The van der Waals surface area contributed by atoms with Crippen LogP contribution in [0.25, 0.3) is 0 Å². The van der Waals surface area contributed by atoms with Gasteiger partial charge in [-0.05, 0) is 41.7 Å². The molecular weight excluding hydrogens is 785 g/mol. The van der Waals surface area contributed by atoms with E-state index < -0.39 is 67.0 Å². The van der Waals surface area contributed by atoms with Gasteiger partial charge in [0, 0.05) is 7.11 Å². The predicted octanol–water partition coefficient (Wildman–Crippen LogP) is 8.76. The maximum atomic E-state index is 6.97. The lowest BCUT2D eigenvalue weighted by Crippen LogP contribution is -2.60. The van der Waals surface area contributed by atoms with Crippen LogP contribution in [0.4, 0.5) is 0 Å². The molecule has 0 spiro atoms. The lowest BCUT2D eigenvalue weighted by Gasteiger charge is -2.45. The Labute approximate surface area is 365 Å². The van der Waals surface area contributed by atoms with Crippen LogP contribution in [-0.2, 0) is 80.4 Å². The van der Waals surface area contributed by atoms with Crippen molar-refractivity contribution in [1.82, 2.24) is 0 Å². The van der Waals surface area contributed by atoms with E-state index in [1.807, 2.05) is 153 Å². The molecular formula is C52H58O10. The van der Waals surface area contributed by atoms with E-state index in [9.17, 15) is 0 Å². The minimum atomic E-state index is -0.790. The Morgan fingerprint density at radius 3 is 1.21 bits per heavy atom. The molecule has 0 aromatic heterocycles. The van der Waals surface area contributed by atoms with Gasteiger partial charge in [0.15, 0.2) is 12.1 Å². The summed E-state index contributed by atoms with van der Waals surface area (Å²) < 4.78 is 66.4. The zero-order valence-electron chi connectivity index (χ0n) is 35.7. The van der Waals surface area contributed by atoms with Gasteiger partial charge in [-0.15, -0.1) is 0 Å². The van der Waals surface area contributed by atoms with E-state index in [2.05, 4.69) is 24.3 Å². The highest BCUT2D eigenvalue weighted by Crippen LogP contribution is 2.38. The monoisotopic (exact) mass is 842 g/mol. The molecule has 10 atom stereocenters. The molecule has 10 heteroatoms. The van der Waals surface area contributed by atoms with Crippen LogP contribution in [0.15, 0.2) is 164 Å². The average molecular weight is 843 g/mol. The summed E-state index contributed by atoms with van der Waals surface area (Å²) in [6.45, 7) is 5.89. The van der Waals surface area contributed by atoms with Crippen LogP contribution in [0.1, 0.15) is 41.7 Å². The maximum absolute atomic E-state index is 6.97. The van der Waals surface area contributed by atoms with Crippen LogP contribution in [0.2, 0.25) is 0 Å². The Bertz CT molecular complexity index is 2070. The van der Waals surface area contributed by atoms with Crippen molar-refractivity contribution in [2.75, 3.05) is 13.7 Å². The van der Waals surface area contributed by atoms with Crippen molar-refractivity contribution >= 4 is 0 Å². The molecule has 0 aliphatic carbocycles. The van der Waals surface area contributed by atoms with E-state index in [4.69, 9.17) is 47.4 Å². The van der Waals surface area contributed by atoms with E-state index >= 15 is 0 Å². The second-order valence-corrected chi connectivity index (χ2v) is 16.3. The molecule has 0 unspecified atom stereocenters. The summed E-state index contributed by atoms with van der Waals surface area (Å²) in [6, 6.07) is 50.5. The summed E-state index contributed by atoms with van der Waals surface area (Å²) in [7, 11) is 1.63. The van der Waals surface area contributed by atoms with Gasteiger partial charge in [0.25, 0.3) is 0 Å². The summed E-state index contributed by atoms with van der Waals surface area (Å²) in [5.41, 5.74) is 5.14. The first-order valence-electron chi connectivity index (χ1n) is 21.5. The van der Waals surface area contributed by atoms with Crippen molar-refractivity contribution < 1.29 is 47.4 Å². The Morgan fingerprint density at radius 1 is 0.468 bits per heavy atom. The third-order valence-electron chi connectivity index (χ3n) is 11.4. The second kappa shape index (κ2) is 21.7. The van der Waals surface area contributed by atoms with Crippen LogP contribution < -0.4 is 0 Å². The molecule has 0 saturated carbocycles. The molecule has 0 N–H and O–H groups in total. The average Bonchev–Trinajstić information content (AvgIpc) is 3.87. The number of benzene rings is 5. The fourth-order valence-corrected chi connectivity index (χ4v) is 8.21. The largest absolute Gasteiger partial charge is 0.368 e. The molecule has 8 rings (SSSR count). The molecule has 10 nitrogen and oxygen atoms in total. The maximum Gasteiger partial charge on any atom is 0.186 e. The van der Waals surface area contributed by atoms with Gasteiger partial charge in [-0.2, -0.15) is 0 Å². The molecule has 5 aromatic rings. The van der Waals surface area contributed by atoms with Gasteiger partial charge in [-0.3, -0.25) is 0 Å². The first-order valence-corrected chi connectivity index (χ1v) is 21.5. The van der Waals surface area contributed by atoms with Crippen molar-refractivity contribution in [3.63, 3.8) is 0 Å². The summed E-state index contributed by atoms with van der Waals surface area (Å²) in [5.74, 6) is -0.769. The molecule has 5 aromatic carbocycles. The first kappa shape index (κ1) is 44.1. The molecule has 3 heterocycles. The van der Waals surface area contributed by atoms with E-state index in [0.29, 0.717) is 39.6 Å². The quantitative estimate of drug-likeness (QED) is 0.0752. The van der Waals surface area contributed by atoms with Gasteiger partial charge >= 0.3 is 0 Å². The fourth-order valence-electron chi connectivity index (χ4n) is 8.21. The Kier molecular flexibility index (Phi) is 15.4. The third kappa shape index (κ3) is 11.7. The minimum Gasteiger partial charge on any atom is -0.368 e. The van der Waals surface area contributed by atoms with E-state index in [0.717, 1.165) is 27.8 Å². The van der Waals surface area contributed by atoms with Crippen molar-refractivity contribution in [3.05, 3.63) is 192 Å². The summed E-state index contributed by atoms with van der Waals surface area (Å²) >= 11 is 0. The highest BCUT2D eigenvalue weighted by Gasteiger charge is 2.53. The predicted molar refractivity (Wildman–Crippen MR) is 233 cm³/mol. The summed E-state index contributed by atoms with van der Waals surface area (Å²) in [5, 5.41) is 0. The van der Waals surface area contributed by atoms with Crippen LogP contribution in [0, 0.1) is 0 Å². The van der Waals surface area contributed by atoms with Crippen LogP contribution in [0.5, 0.6) is 0 Å². The fraction of sp³-hybridized carbons (Fsp3) is 0.385. The molecule has 0 amide bonds. The lowest BCUT2D eigenvalue weighted by atomic mass is 9.96. The van der Waals surface area contributed by atoms with Crippen molar-refractivity contribution in [3.8, 4) is 0 Å². The number of ether oxygens (including phenoxy) is 10. The number of hydrogen-bond donors (Lipinski definition) is 0. The standard InChI is InChI=1S/C52H58O10/c1-52(2)59-36-44(62-52)47-48(56-33-39-23-13-6-14-24-39)45(54-31-37-19-9-4-10-20-37)42(60-47)29-30-43-46(55-32-38-21-11-5-12-22-38)49(57-34-40-25-15-7-16-26-40)50(51(53-3)61-43)58-35-41-27-17-8-18-28-41/h4-30,42-51H,31-36H2,1-3H3/b30-29+/t42-,43-,44-,45+,46-,47-,48-,49+,50-,51+/m1/s1. The SMILES string of the molecule is CO[C@H]1O[C@H](/C=C/[C@H]2O[C@H]([C@H]3COC(C)(C)O3)[C@H](OCc3ccccc3)[C@H]2OCc2ccccc2)[C@@H](OCc2ccccc2)[C@H](OCc2ccccc2)[C@H]1OCc1ccccc1. The molecule has 3 aliphatic heterocycles. The van der Waals surface area contributed by atoms with E-state index in [1.54, 1.807) is 7.11 Å². The third-order valence-corrected chi connectivity index (χ3v) is 11.4. The highest BCUT2D eigenvalue weighted by atomic mass is 16.8. The molecule has 3 fully saturated rings. The first-order chi connectivity index (χ1) is 30.4. The lowest BCUT2D eigenvalue weighted by molar-refractivity contribution is -0.309. The van der Waals surface area contributed by atoms with Gasteiger partial charge in [0.2, 0.25) is 0 Å². The Morgan fingerprint density at radius 2 is 0.823 bits per heavy atom. The summed E-state index contributed by atoms with van der Waals surface area (Å²) in [4.78, 5) is 0. The van der Waals surface area contributed by atoms with Gasteiger partial charge in [-0.25, -0.2) is 0 Å². The van der Waals surface area contributed by atoms with Gasteiger partial charge in [0.05, 0.1) is 39.6 Å². The molecule has 3 saturated heterocycles. The van der Waals surface area contributed by atoms with Crippen LogP contribution in [-0.4, -0.2) is 80.7 Å². The van der Waals surface area contributed by atoms with Crippen LogP contribution >= 0.6 is 0 Å². The number of rotatable bonds is 19. The smallest absolute Gasteiger partial charge is 0.186 e. The minimum absolute atomic E-state index is 0.322. The zero-order chi connectivity index (χ0) is 42.6. The van der Waals surface area contributed by atoms with Gasteiger partial charge in [0.1, 0.15) is 54.9 Å². The second-order valence-electron chi connectivity index (χ2n) is 16.3. The molecule has 0 radical (unpaired) electrons. The molecule has 0 bridgehead atoms. The molecule has 326 valence electrons. The van der Waals surface area contributed by atoms with Crippen molar-refractivity contribution in [2.24, 2.45) is 0 Å². The summed E-state index contributed by atoms with van der Waals surface area (Å²) in [6.07, 6.45) is -1.79. The van der Waals surface area contributed by atoms with Crippen molar-refractivity contribution in [2.45, 2.75) is 114 Å². The van der Waals surface area contributed by atoms with Crippen molar-refractivity contribution in [1.29, 1.82) is 0 Å². The molecule has 3 aliphatic rings. The normalized spacial score (nSPS) is 28.4. The number of hydrogen-bond acceptors (Lipinski definition) is 10. The Hall–Kier alpha value is -4.56. The van der Waals surface area contributed by atoms with Gasteiger partial charge < -0.3 is 47.4 Å². The topological polar surface area (TPSA) is 92.3 Å². The highest BCUT2D eigenvalue weighted by molar-refractivity contribution is 5.19. The molecule has 62 heavy (non-hydrogen) atoms. The zero-order valence-corrected chi connectivity index (χ0v) is 35.7.